The van der Waals surface area contributed by atoms with Crippen molar-refractivity contribution in [2.45, 2.75) is 29.9 Å². The molecule has 0 radical (unpaired) electrons. The Labute approximate surface area is 176 Å². The molecule has 0 saturated carbocycles. The minimum atomic E-state index is -0.471. The van der Waals surface area contributed by atoms with E-state index >= 15 is 0 Å². The molecular formula is C21H20N2O4S2. The first-order chi connectivity index (χ1) is 14.1. The normalized spacial score (nSPS) is 16.6. The standard InChI is InChI=1S/C21H20N2O4S2/c1-3-26-14-7-5-13(6-8-14)23-19(24)12-18(20(23)25)29-21-22-16-10-9-15(27-4-2)11-17(16)28-21/h5-11,18H,3-4,12H2,1-2H3/t18-/m1/s1. The first-order valence-electron chi connectivity index (χ1n) is 9.38. The molecular weight excluding hydrogens is 408 g/mol. The number of ether oxygens (including phenoxy) is 2. The van der Waals surface area contributed by atoms with E-state index in [9.17, 15) is 9.59 Å². The fourth-order valence-electron chi connectivity index (χ4n) is 3.14. The highest BCUT2D eigenvalue weighted by molar-refractivity contribution is 8.02. The Bertz CT molecular complexity index is 1050. The zero-order valence-electron chi connectivity index (χ0n) is 16.1. The predicted octanol–water partition coefficient (Wildman–Crippen LogP) is 4.52. The van der Waals surface area contributed by atoms with Crippen LogP contribution in [0.4, 0.5) is 5.69 Å². The summed E-state index contributed by atoms with van der Waals surface area (Å²) in [5, 5.41) is -0.471. The molecule has 2 heterocycles. The molecule has 1 atom stereocenters. The van der Waals surface area contributed by atoms with Crippen LogP contribution in [0, 0.1) is 0 Å². The lowest BCUT2D eigenvalue weighted by Crippen LogP contribution is -2.31. The Kier molecular flexibility index (Phi) is 5.73. The molecule has 1 aliphatic rings. The lowest BCUT2D eigenvalue weighted by atomic mass is 10.3. The Morgan fingerprint density at radius 3 is 2.48 bits per heavy atom. The van der Waals surface area contributed by atoms with E-state index in [1.54, 1.807) is 24.3 Å². The zero-order valence-corrected chi connectivity index (χ0v) is 17.7. The van der Waals surface area contributed by atoms with Crippen LogP contribution in [0.1, 0.15) is 20.3 Å². The minimum Gasteiger partial charge on any atom is -0.494 e. The van der Waals surface area contributed by atoms with E-state index in [2.05, 4.69) is 4.98 Å². The largest absolute Gasteiger partial charge is 0.494 e. The van der Waals surface area contributed by atoms with Gasteiger partial charge in [-0.15, -0.1) is 11.3 Å². The molecule has 4 rings (SSSR count). The van der Waals surface area contributed by atoms with E-state index in [0.29, 0.717) is 24.7 Å². The number of carbonyl (C=O) groups excluding carboxylic acids is 2. The van der Waals surface area contributed by atoms with Crippen LogP contribution >= 0.6 is 23.1 Å². The van der Waals surface area contributed by atoms with Crippen LogP contribution < -0.4 is 14.4 Å². The van der Waals surface area contributed by atoms with Crippen LogP contribution in [0.5, 0.6) is 11.5 Å². The van der Waals surface area contributed by atoms with E-state index in [-0.39, 0.29) is 18.2 Å². The van der Waals surface area contributed by atoms with Gasteiger partial charge in [0.15, 0.2) is 4.34 Å². The Morgan fingerprint density at radius 1 is 1.07 bits per heavy atom. The average Bonchev–Trinajstić information content (AvgIpc) is 3.23. The van der Waals surface area contributed by atoms with Gasteiger partial charge in [0, 0.05) is 6.42 Å². The number of amides is 2. The van der Waals surface area contributed by atoms with Crippen LogP contribution in [0.25, 0.3) is 10.2 Å². The molecule has 0 aliphatic carbocycles. The number of thioether (sulfide) groups is 1. The fraction of sp³-hybridized carbons (Fsp3) is 0.286. The molecule has 1 fully saturated rings. The van der Waals surface area contributed by atoms with E-state index in [1.165, 1.54) is 28.0 Å². The maximum atomic E-state index is 12.9. The van der Waals surface area contributed by atoms with Crippen molar-refractivity contribution in [2.75, 3.05) is 18.1 Å². The van der Waals surface area contributed by atoms with Crippen LogP contribution in [-0.2, 0) is 9.59 Å². The van der Waals surface area contributed by atoms with Crippen LogP contribution in [0.3, 0.4) is 0 Å². The average molecular weight is 429 g/mol. The molecule has 2 aromatic carbocycles. The summed E-state index contributed by atoms with van der Waals surface area (Å²) in [5.74, 6) is 1.10. The van der Waals surface area contributed by atoms with Crippen LogP contribution in [0.2, 0.25) is 0 Å². The van der Waals surface area contributed by atoms with Crippen molar-refractivity contribution in [2.24, 2.45) is 0 Å². The highest BCUT2D eigenvalue weighted by Crippen LogP contribution is 2.38. The van der Waals surface area contributed by atoms with Gasteiger partial charge in [0.05, 0.1) is 29.1 Å². The van der Waals surface area contributed by atoms with E-state index in [4.69, 9.17) is 9.47 Å². The first kappa shape index (κ1) is 19.7. The molecule has 6 nitrogen and oxygen atoms in total. The highest BCUT2D eigenvalue weighted by atomic mass is 32.2. The number of hydrogen-bond donors (Lipinski definition) is 0. The molecule has 1 saturated heterocycles. The van der Waals surface area contributed by atoms with Gasteiger partial charge in [0.25, 0.3) is 0 Å². The number of benzene rings is 2. The van der Waals surface area contributed by atoms with Gasteiger partial charge in [-0.2, -0.15) is 0 Å². The van der Waals surface area contributed by atoms with Gasteiger partial charge in [-0.05, 0) is 56.3 Å². The lowest BCUT2D eigenvalue weighted by Gasteiger charge is -2.15. The molecule has 2 amide bonds. The second-order valence-corrected chi connectivity index (χ2v) is 8.83. The molecule has 3 aromatic rings. The first-order valence-corrected chi connectivity index (χ1v) is 11.1. The fourth-order valence-corrected chi connectivity index (χ4v) is 5.50. The summed E-state index contributed by atoms with van der Waals surface area (Å²) in [7, 11) is 0. The molecule has 1 aliphatic heterocycles. The number of thiazole rings is 1. The molecule has 0 bridgehead atoms. The molecule has 0 N–H and O–H groups in total. The summed E-state index contributed by atoms with van der Waals surface area (Å²) in [5.41, 5.74) is 1.43. The van der Waals surface area contributed by atoms with Crippen molar-refractivity contribution in [3.05, 3.63) is 42.5 Å². The van der Waals surface area contributed by atoms with Crippen molar-refractivity contribution in [3.63, 3.8) is 0 Å². The molecule has 0 unspecified atom stereocenters. The van der Waals surface area contributed by atoms with Crippen molar-refractivity contribution in [1.82, 2.24) is 4.98 Å². The highest BCUT2D eigenvalue weighted by Gasteiger charge is 2.40. The number of aromatic nitrogens is 1. The van der Waals surface area contributed by atoms with Crippen LogP contribution in [-0.4, -0.2) is 35.3 Å². The van der Waals surface area contributed by atoms with E-state index in [0.717, 1.165) is 20.3 Å². The maximum Gasteiger partial charge on any atom is 0.247 e. The number of fused-ring (bicyclic) bond motifs is 1. The third kappa shape index (κ3) is 4.09. The second-order valence-electron chi connectivity index (χ2n) is 6.35. The van der Waals surface area contributed by atoms with Gasteiger partial charge in [-0.25, -0.2) is 9.88 Å². The Balaban J connectivity index is 1.50. The third-order valence-electron chi connectivity index (χ3n) is 4.41. The Morgan fingerprint density at radius 2 is 1.76 bits per heavy atom. The zero-order chi connectivity index (χ0) is 20.4. The summed E-state index contributed by atoms with van der Waals surface area (Å²) in [4.78, 5) is 31.3. The lowest BCUT2D eigenvalue weighted by molar-refractivity contribution is -0.121. The third-order valence-corrected chi connectivity index (χ3v) is 6.70. The summed E-state index contributed by atoms with van der Waals surface area (Å²) >= 11 is 2.85. The van der Waals surface area contributed by atoms with Crippen molar-refractivity contribution < 1.29 is 19.1 Å². The smallest absolute Gasteiger partial charge is 0.247 e. The predicted molar refractivity (Wildman–Crippen MR) is 115 cm³/mol. The van der Waals surface area contributed by atoms with Gasteiger partial charge in [-0.3, -0.25) is 9.59 Å². The van der Waals surface area contributed by atoms with Crippen molar-refractivity contribution >= 4 is 50.8 Å². The minimum absolute atomic E-state index is 0.164. The van der Waals surface area contributed by atoms with Gasteiger partial charge in [0.2, 0.25) is 11.8 Å². The van der Waals surface area contributed by atoms with E-state index < -0.39 is 5.25 Å². The SMILES string of the molecule is CCOc1ccc(N2C(=O)C[C@@H](Sc3nc4ccc(OCC)cc4s3)C2=O)cc1. The van der Waals surface area contributed by atoms with E-state index in [1.807, 2.05) is 32.0 Å². The van der Waals surface area contributed by atoms with Gasteiger partial charge < -0.3 is 9.47 Å². The molecule has 29 heavy (non-hydrogen) atoms. The summed E-state index contributed by atoms with van der Waals surface area (Å²) in [6.45, 7) is 5.01. The topological polar surface area (TPSA) is 68.7 Å². The van der Waals surface area contributed by atoms with Crippen LogP contribution in [0.15, 0.2) is 46.8 Å². The molecule has 8 heteroatoms. The second kappa shape index (κ2) is 8.42. The summed E-state index contributed by atoms with van der Waals surface area (Å²) in [6.07, 6.45) is 0.164. The summed E-state index contributed by atoms with van der Waals surface area (Å²) in [6, 6.07) is 12.8. The number of hydrogen-bond acceptors (Lipinski definition) is 7. The summed E-state index contributed by atoms with van der Waals surface area (Å²) < 4.78 is 12.7. The van der Waals surface area contributed by atoms with Gasteiger partial charge >= 0.3 is 0 Å². The van der Waals surface area contributed by atoms with Gasteiger partial charge in [-0.1, -0.05) is 11.8 Å². The number of nitrogens with zero attached hydrogens (tertiary/aromatic N) is 2. The molecule has 0 spiro atoms. The van der Waals surface area contributed by atoms with Gasteiger partial charge in [0.1, 0.15) is 16.7 Å². The number of rotatable bonds is 7. The number of anilines is 1. The molecule has 150 valence electrons. The van der Waals surface area contributed by atoms with Crippen molar-refractivity contribution in [3.8, 4) is 11.5 Å². The maximum absolute atomic E-state index is 12.9. The number of carbonyl (C=O) groups is 2. The molecule has 1 aromatic heterocycles. The van der Waals surface area contributed by atoms with Crippen molar-refractivity contribution in [1.29, 1.82) is 0 Å². The quantitative estimate of drug-likeness (QED) is 0.516. The Hall–Kier alpha value is -2.58. The number of imide groups is 1. The monoisotopic (exact) mass is 428 g/mol.